The van der Waals surface area contributed by atoms with Gasteiger partial charge in [0.15, 0.2) is 10.9 Å². The van der Waals surface area contributed by atoms with E-state index >= 15 is 0 Å². The van der Waals surface area contributed by atoms with Crippen LogP contribution in [-0.2, 0) is 0 Å². The quantitative estimate of drug-likeness (QED) is 0.487. The molecule has 1 aromatic carbocycles. The second-order valence-corrected chi connectivity index (χ2v) is 7.26. The molecule has 124 valence electrons. The summed E-state index contributed by atoms with van der Waals surface area (Å²) in [5.41, 5.74) is 9.38. The van der Waals surface area contributed by atoms with E-state index in [-0.39, 0.29) is 6.04 Å². The van der Waals surface area contributed by atoms with Gasteiger partial charge in [0.25, 0.3) is 0 Å². The summed E-state index contributed by atoms with van der Waals surface area (Å²) < 4.78 is 0.994. The predicted octanol–water partition coefficient (Wildman–Crippen LogP) is 3.87. The summed E-state index contributed by atoms with van der Waals surface area (Å²) in [7, 11) is 0. The molecule has 0 spiro atoms. The number of aryl methyl sites for hydroxylation is 1. The van der Waals surface area contributed by atoms with E-state index in [1.54, 1.807) is 17.7 Å². The third-order valence-electron chi connectivity index (χ3n) is 3.33. The molecule has 0 radical (unpaired) electrons. The van der Waals surface area contributed by atoms with Crippen LogP contribution in [0.1, 0.15) is 19.4 Å². The zero-order chi connectivity index (χ0) is 17.1. The Labute approximate surface area is 150 Å². The Kier molecular flexibility index (Phi) is 4.92. The fourth-order valence-electron chi connectivity index (χ4n) is 2.30. The van der Waals surface area contributed by atoms with Gasteiger partial charge in [-0.15, -0.1) is 11.3 Å². The SMILES string of the molecule is Cc1cccc(-c2cc3ncnc(NNC(=S)NC(C)C)c3s2)c1. The average molecular weight is 358 g/mol. The summed E-state index contributed by atoms with van der Waals surface area (Å²) in [6.07, 6.45) is 1.55. The van der Waals surface area contributed by atoms with Crippen molar-refractivity contribution < 1.29 is 0 Å². The molecule has 24 heavy (non-hydrogen) atoms. The molecule has 0 atom stereocenters. The van der Waals surface area contributed by atoms with Gasteiger partial charge in [0.2, 0.25) is 0 Å². The normalized spacial score (nSPS) is 10.8. The van der Waals surface area contributed by atoms with Gasteiger partial charge < -0.3 is 5.32 Å². The van der Waals surface area contributed by atoms with Gasteiger partial charge in [0.05, 0.1) is 10.2 Å². The number of nitrogens with zero attached hydrogens (tertiary/aromatic N) is 2. The monoisotopic (exact) mass is 357 g/mol. The van der Waals surface area contributed by atoms with E-state index in [0.29, 0.717) is 5.11 Å². The molecule has 0 saturated carbocycles. The Morgan fingerprint density at radius 1 is 1.21 bits per heavy atom. The largest absolute Gasteiger partial charge is 0.359 e. The number of fused-ring (bicyclic) bond motifs is 1. The van der Waals surface area contributed by atoms with Gasteiger partial charge in [-0.05, 0) is 44.6 Å². The van der Waals surface area contributed by atoms with Crippen molar-refractivity contribution in [2.75, 3.05) is 5.43 Å². The first-order valence-corrected chi connectivity index (χ1v) is 8.89. The van der Waals surface area contributed by atoms with Crippen LogP contribution in [0.2, 0.25) is 0 Å². The van der Waals surface area contributed by atoms with Crippen molar-refractivity contribution in [3.05, 3.63) is 42.2 Å². The summed E-state index contributed by atoms with van der Waals surface area (Å²) >= 11 is 6.88. The third kappa shape index (κ3) is 3.80. The number of hydrazine groups is 1. The standard InChI is InChI=1S/C17H19N5S2/c1-10(2)20-17(23)22-21-16-15-13(18-9-19-16)8-14(24-15)12-6-4-5-11(3)7-12/h4-10H,1-3H3,(H,18,19,21)(H2,20,22,23). The van der Waals surface area contributed by atoms with Crippen LogP contribution in [-0.4, -0.2) is 21.1 Å². The van der Waals surface area contributed by atoms with Crippen LogP contribution in [0.25, 0.3) is 20.7 Å². The number of thiophene rings is 1. The van der Waals surface area contributed by atoms with E-state index in [4.69, 9.17) is 12.2 Å². The molecule has 0 aliphatic heterocycles. The summed E-state index contributed by atoms with van der Waals surface area (Å²) in [5, 5.41) is 3.65. The molecular weight excluding hydrogens is 338 g/mol. The minimum Gasteiger partial charge on any atom is -0.359 e. The smallest absolute Gasteiger partial charge is 0.185 e. The highest BCUT2D eigenvalue weighted by molar-refractivity contribution is 7.80. The number of benzene rings is 1. The molecule has 3 N–H and O–H groups in total. The van der Waals surface area contributed by atoms with Crippen molar-refractivity contribution in [1.29, 1.82) is 0 Å². The lowest BCUT2D eigenvalue weighted by atomic mass is 10.1. The van der Waals surface area contributed by atoms with E-state index in [1.165, 1.54) is 16.0 Å². The molecule has 0 aliphatic rings. The molecule has 0 amide bonds. The highest BCUT2D eigenvalue weighted by Gasteiger charge is 2.10. The minimum absolute atomic E-state index is 0.270. The van der Waals surface area contributed by atoms with Crippen molar-refractivity contribution in [3.8, 4) is 10.4 Å². The van der Waals surface area contributed by atoms with Gasteiger partial charge in [-0.25, -0.2) is 9.97 Å². The molecule has 0 bridgehead atoms. The molecule has 7 heteroatoms. The maximum atomic E-state index is 5.22. The van der Waals surface area contributed by atoms with Crippen LogP contribution in [0.15, 0.2) is 36.7 Å². The van der Waals surface area contributed by atoms with Gasteiger partial charge in [-0.2, -0.15) is 0 Å². The van der Waals surface area contributed by atoms with Crippen molar-refractivity contribution in [2.24, 2.45) is 0 Å². The lowest BCUT2D eigenvalue weighted by molar-refractivity contribution is 0.724. The van der Waals surface area contributed by atoms with Crippen LogP contribution < -0.4 is 16.2 Å². The van der Waals surface area contributed by atoms with Gasteiger partial charge in [-0.3, -0.25) is 10.9 Å². The lowest BCUT2D eigenvalue weighted by Crippen LogP contribution is -2.42. The Hall–Kier alpha value is -2.25. The van der Waals surface area contributed by atoms with Crippen LogP contribution in [0.5, 0.6) is 0 Å². The summed E-state index contributed by atoms with van der Waals surface area (Å²) in [5.74, 6) is 0.719. The number of hydrogen-bond acceptors (Lipinski definition) is 5. The second kappa shape index (κ2) is 7.11. The number of hydrogen-bond donors (Lipinski definition) is 3. The number of aromatic nitrogens is 2. The molecule has 0 saturated heterocycles. The van der Waals surface area contributed by atoms with Crippen molar-refractivity contribution in [1.82, 2.24) is 20.7 Å². The van der Waals surface area contributed by atoms with E-state index in [2.05, 4.69) is 63.4 Å². The third-order valence-corrected chi connectivity index (χ3v) is 4.73. The van der Waals surface area contributed by atoms with Crippen LogP contribution in [0.4, 0.5) is 5.82 Å². The first-order chi connectivity index (χ1) is 11.5. The van der Waals surface area contributed by atoms with E-state index in [0.717, 1.165) is 16.0 Å². The number of nitrogens with one attached hydrogen (secondary N) is 3. The van der Waals surface area contributed by atoms with Crippen molar-refractivity contribution in [2.45, 2.75) is 26.8 Å². The molecule has 3 aromatic rings. The van der Waals surface area contributed by atoms with Crippen LogP contribution in [0, 0.1) is 6.92 Å². The maximum absolute atomic E-state index is 5.22. The van der Waals surface area contributed by atoms with E-state index in [1.807, 2.05) is 13.8 Å². The molecule has 5 nitrogen and oxygen atoms in total. The van der Waals surface area contributed by atoms with Crippen molar-refractivity contribution in [3.63, 3.8) is 0 Å². The molecule has 3 rings (SSSR count). The minimum atomic E-state index is 0.270. The van der Waals surface area contributed by atoms with E-state index in [9.17, 15) is 0 Å². The highest BCUT2D eigenvalue weighted by Crippen LogP contribution is 2.35. The summed E-state index contributed by atoms with van der Waals surface area (Å²) in [6, 6.07) is 10.8. The molecular formula is C17H19N5S2. The van der Waals surface area contributed by atoms with Gasteiger partial charge in [-0.1, -0.05) is 29.8 Å². The lowest BCUT2D eigenvalue weighted by Gasteiger charge is -2.14. The Morgan fingerprint density at radius 3 is 2.79 bits per heavy atom. The second-order valence-electron chi connectivity index (χ2n) is 5.79. The maximum Gasteiger partial charge on any atom is 0.185 e. The summed E-state index contributed by atoms with van der Waals surface area (Å²) in [6.45, 7) is 6.16. The first kappa shape index (κ1) is 16.6. The molecule has 0 unspecified atom stereocenters. The Morgan fingerprint density at radius 2 is 2.04 bits per heavy atom. The highest BCUT2D eigenvalue weighted by atomic mass is 32.1. The zero-order valence-electron chi connectivity index (χ0n) is 13.8. The average Bonchev–Trinajstić information content (AvgIpc) is 2.97. The number of anilines is 1. The van der Waals surface area contributed by atoms with Gasteiger partial charge >= 0.3 is 0 Å². The fourth-order valence-corrected chi connectivity index (χ4v) is 3.64. The van der Waals surface area contributed by atoms with Crippen molar-refractivity contribution >= 4 is 44.7 Å². The van der Waals surface area contributed by atoms with E-state index < -0.39 is 0 Å². The van der Waals surface area contributed by atoms with Crippen LogP contribution in [0.3, 0.4) is 0 Å². The van der Waals surface area contributed by atoms with Gasteiger partial charge in [0, 0.05) is 10.9 Å². The molecule has 0 fully saturated rings. The Balaban J connectivity index is 1.86. The Bertz CT molecular complexity index is 872. The van der Waals surface area contributed by atoms with Crippen LogP contribution >= 0.6 is 23.6 Å². The summed E-state index contributed by atoms with van der Waals surface area (Å²) in [4.78, 5) is 9.86. The fraction of sp³-hybridized carbons (Fsp3) is 0.235. The molecule has 2 aromatic heterocycles. The van der Waals surface area contributed by atoms with Gasteiger partial charge in [0.1, 0.15) is 6.33 Å². The molecule has 0 aliphatic carbocycles. The first-order valence-electron chi connectivity index (χ1n) is 7.67. The predicted molar refractivity (Wildman–Crippen MR) is 105 cm³/mol. The zero-order valence-corrected chi connectivity index (χ0v) is 15.4. The molecule has 2 heterocycles. The number of thiocarbonyl (C=S) groups is 1. The topological polar surface area (TPSA) is 61.9 Å². The number of rotatable bonds is 4.